The van der Waals surface area contributed by atoms with Crippen LogP contribution >= 0.6 is 0 Å². The first-order valence-corrected chi connectivity index (χ1v) is 10.8. The Morgan fingerprint density at radius 3 is 2.25 bits per heavy atom. The molecular weight excluding hydrogens is 408 g/mol. The fourth-order valence-corrected chi connectivity index (χ4v) is 3.85. The van der Waals surface area contributed by atoms with E-state index >= 15 is 0 Å². The lowest BCUT2D eigenvalue weighted by Crippen LogP contribution is -2.40. The van der Waals surface area contributed by atoms with Gasteiger partial charge in [0, 0.05) is 25.3 Å². The Balaban J connectivity index is 1.71. The van der Waals surface area contributed by atoms with Gasteiger partial charge in [-0.2, -0.15) is 0 Å². The molecule has 32 heavy (non-hydrogen) atoms. The maximum absolute atomic E-state index is 13.0. The molecule has 0 radical (unpaired) electrons. The lowest BCUT2D eigenvalue weighted by molar-refractivity contribution is -0.158. The maximum Gasteiger partial charge on any atom is 0.349 e. The third kappa shape index (κ3) is 4.98. The summed E-state index contributed by atoms with van der Waals surface area (Å²) in [6.45, 7) is 11.2. The van der Waals surface area contributed by atoms with Crippen molar-refractivity contribution < 1.29 is 23.8 Å². The van der Waals surface area contributed by atoms with E-state index in [1.807, 2.05) is 55.1 Å². The molecule has 1 aliphatic rings. The molecule has 0 bridgehead atoms. The van der Waals surface area contributed by atoms with Crippen LogP contribution in [0.15, 0.2) is 36.4 Å². The molecule has 0 aromatic heterocycles. The Labute approximate surface area is 189 Å². The highest BCUT2D eigenvalue weighted by atomic mass is 16.6. The average Bonchev–Trinajstić information content (AvgIpc) is 3.11. The number of rotatable bonds is 8. The van der Waals surface area contributed by atoms with Crippen molar-refractivity contribution in [3.8, 4) is 11.5 Å². The third-order valence-corrected chi connectivity index (χ3v) is 5.50. The highest BCUT2D eigenvalue weighted by Gasteiger charge is 2.33. The van der Waals surface area contributed by atoms with Gasteiger partial charge in [0.2, 0.25) is 0 Å². The molecule has 2 aromatic rings. The molecule has 3 rings (SSSR count). The van der Waals surface area contributed by atoms with Crippen LogP contribution in [0.1, 0.15) is 37.5 Å². The van der Waals surface area contributed by atoms with Crippen LogP contribution < -0.4 is 14.4 Å². The number of anilines is 1. The van der Waals surface area contributed by atoms with Gasteiger partial charge in [-0.1, -0.05) is 12.1 Å². The van der Waals surface area contributed by atoms with E-state index in [-0.39, 0.29) is 6.03 Å². The topological polar surface area (TPSA) is 68.3 Å². The van der Waals surface area contributed by atoms with Gasteiger partial charge in [0.15, 0.2) is 5.60 Å². The summed E-state index contributed by atoms with van der Waals surface area (Å²) in [5.74, 6) is 1.03. The van der Waals surface area contributed by atoms with Crippen molar-refractivity contribution in [3.05, 3.63) is 53.1 Å². The standard InChI is InChI=1S/C25H32N2O5/c1-7-31-23(28)25(4,5)32-22-17(2)14-19(15-18(22)3)16-26-12-13-27(24(26)29)20-8-10-21(30-6)11-9-20/h8-11,14-15H,7,12-13,16H2,1-6H3. The van der Waals surface area contributed by atoms with E-state index in [0.717, 1.165) is 28.1 Å². The molecule has 0 N–H and O–H groups in total. The lowest BCUT2D eigenvalue weighted by Gasteiger charge is -2.27. The highest BCUT2D eigenvalue weighted by molar-refractivity contribution is 5.94. The number of nitrogens with zero attached hydrogens (tertiary/aromatic N) is 2. The maximum atomic E-state index is 13.0. The first-order valence-electron chi connectivity index (χ1n) is 10.8. The van der Waals surface area contributed by atoms with Gasteiger partial charge in [-0.3, -0.25) is 4.90 Å². The molecule has 1 fully saturated rings. The predicted octanol–water partition coefficient (Wildman–Crippen LogP) is 4.47. The minimum atomic E-state index is -1.09. The minimum absolute atomic E-state index is 0.0192. The van der Waals surface area contributed by atoms with Gasteiger partial charge in [0.05, 0.1) is 13.7 Å². The second kappa shape index (κ2) is 9.51. The van der Waals surface area contributed by atoms with Crippen LogP contribution in [-0.4, -0.2) is 49.3 Å². The molecule has 0 atom stereocenters. The number of ether oxygens (including phenoxy) is 3. The summed E-state index contributed by atoms with van der Waals surface area (Å²) >= 11 is 0. The fourth-order valence-electron chi connectivity index (χ4n) is 3.85. The van der Waals surface area contributed by atoms with Crippen molar-refractivity contribution in [2.45, 2.75) is 46.8 Å². The number of carbonyl (C=O) groups is 2. The fraction of sp³-hybridized carbons (Fsp3) is 0.440. The van der Waals surface area contributed by atoms with Crippen LogP contribution in [0.4, 0.5) is 10.5 Å². The van der Waals surface area contributed by atoms with E-state index < -0.39 is 11.6 Å². The van der Waals surface area contributed by atoms with Crippen LogP contribution in [-0.2, 0) is 16.1 Å². The van der Waals surface area contributed by atoms with E-state index in [9.17, 15) is 9.59 Å². The molecule has 0 unspecified atom stereocenters. The number of amides is 2. The number of esters is 1. The molecule has 2 amide bonds. The normalized spacial score (nSPS) is 14.0. The smallest absolute Gasteiger partial charge is 0.349 e. The van der Waals surface area contributed by atoms with E-state index in [1.54, 1.807) is 32.8 Å². The Morgan fingerprint density at radius 2 is 1.69 bits per heavy atom. The Hall–Kier alpha value is -3.22. The van der Waals surface area contributed by atoms with E-state index in [2.05, 4.69) is 0 Å². The molecule has 0 saturated carbocycles. The number of methoxy groups -OCH3 is 1. The molecule has 1 saturated heterocycles. The Kier molecular flexibility index (Phi) is 6.96. The molecule has 7 nitrogen and oxygen atoms in total. The Morgan fingerprint density at radius 1 is 1.06 bits per heavy atom. The second-order valence-corrected chi connectivity index (χ2v) is 8.45. The predicted molar refractivity (Wildman–Crippen MR) is 123 cm³/mol. The van der Waals surface area contributed by atoms with Gasteiger partial charge in [-0.15, -0.1) is 0 Å². The molecule has 0 aliphatic carbocycles. The van der Waals surface area contributed by atoms with E-state index in [1.165, 1.54) is 0 Å². The number of urea groups is 1. The number of aryl methyl sites for hydroxylation is 2. The van der Waals surface area contributed by atoms with Crippen molar-refractivity contribution >= 4 is 17.7 Å². The molecule has 2 aromatic carbocycles. The molecule has 1 aliphatic heterocycles. The summed E-state index contributed by atoms with van der Waals surface area (Å²) in [6, 6.07) is 11.5. The number of hydrogen-bond donors (Lipinski definition) is 0. The Bertz CT molecular complexity index is 961. The summed E-state index contributed by atoms with van der Waals surface area (Å²) in [5, 5.41) is 0. The van der Waals surface area contributed by atoms with Crippen molar-refractivity contribution in [3.63, 3.8) is 0 Å². The van der Waals surface area contributed by atoms with Crippen molar-refractivity contribution in [1.82, 2.24) is 4.90 Å². The van der Waals surface area contributed by atoms with Crippen LogP contribution in [0, 0.1) is 13.8 Å². The summed E-state index contributed by atoms with van der Waals surface area (Å²) < 4.78 is 16.4. The molecular formula is C25H32N2O5. The first-order chi connectivity index (χ1) is 15.2. The summed E-state index contributed by atoms with van der Waals surface area (Å²) in [7, 11) is 1.62. The first kappa shape index (κ1) is 23.4. The van der Waals surface area contributed by atoms with Crippen molar-refractivity contribution in [1.29, 1.82) is 0 Å². The van der Waals surface area contributed by atoms with Crippen molar-refractivity contribution in [2.75, 3.05) is 31.7 Å². The zero-order valence-electron chi connectivity index (χ0n) is 19.7. The van der Waals surface area contributed by atoms with Gasteiger partial charge >= 0.3 is 12.0 Å². The van der Waals surface area contributed by atoms with Crippen molar-refractivity contribution in [2.24, 2.45) is 0 Å². The highest BCUT2D eigenvalue weighted by Crippen LogP contribution is 2.30. The SMILES string of the molecule is CCOC(=O)C(C)(C)Oc1c(C)cc(CN2CCN(c3ccc(OC)cc3)C2=O)cc1C. The van der Waals surface area contributed by atoms with Gasteiger partial charge < -0.3 is 19.1 Å². The number of carbonyl (C=O) groups excluding carboxylic acids is 2. The van der Waals surface area contributed by atoms with Gasteiger partial charge in [-0.05, 0) is 75.6 Å². The summed E-state index contributed by atoms with van der Waals surface area (Å²) in [6.07, 6.45) is 0. The monoisotopic (exact) mass is 440 g/mol. The van der Waals surface area contributed by atoms with Gasteiger partial charge in [-0.25, -0.2) is 9.59 Å². The van der Waals surface area contributed by atoms with E-state index in [0.29, 0.717) is 32.0 Å². The molecule has 172 valence electrons. The van der Waals surface area contributed by atoms with Gasteiger partial charge in [0.25, 0.3) is 0 Å². The number of hydrogen-bond acceptors (Lipinski definition) is 5. The van der Waals surface area contributed by atoms with Crippen LogP contribution in [0.5, 0.6) is 11.5 Å². The third-order valence-electron chi connectivity index (χ3n) is 5.50. The summed E-state index contributed by atoms with van der Waals surface area (Å²) in [4.78, 5) is 28.8. The van der Waals surface area contributed by atoms with Crippen LogP contribution in [0.25, 0.3) is 0 Å². The minimum Gasteiger partial charge on any atom is -0.497 e. The van der Waals surface area contributed by atoms with E-state index in [4.69, 9.17) is 14.2 Å². The zero-order valence-corrected chi connectivity index (χ0v) is 19.7. The quantitative estimate of drug-likeness (QED) is 0.567. The largest absolute Gasteiger partial charge is 0.497 e. The summed E-state index contributed by atoms with van der Waals surface area (Å²) in [5.41, 5.74) is 2.62. The zero-order chi connectivity index (χ0) is 23.5. The van der Waals surface area contributed by atoms with Crippen LogP contribution in [0.2, 0.25) is 0 Å². The van der Waals surface area contributed by atoms with Crippen LogP contribution in [0.3, 0.4) is 0 Å². The molecule has 1 heterocycles. The average molecular weight is 441 g/mol. The number of benzene rings is 2. The second-order valence-electron chi connectivity index (χ2n) is 8.45. The molecule has 7 heteroatoms. The lowest BCUT2D eigenvalue weighted by atomic mass is 10.0. The molecule has 0 spiro atoms. The van der Waals surface area contributed by atoms with Gasteiger partial charge in [0.1, 0.15) is 11.5 Å².